The van der Waals surface area contributed by atoms with E-state index in [9.17, 15) is 18.0 Å². The minimum absolute atomic E-state index is 0.370. The molecule has 3 heterocycles. The number of aromatic nitrogens is 1. The van der Waals surface area contributed by atoms with Gasteiger partial charge in [-0.25, -0.2) is 4.98 Å². The van der Waals surface area contributed by atoms with Gasteiger partial charge in [-0.2, -0.15) is 13.2 Å². The molecule has 9 heteroatoms. The lowest BCUT2D eigenvalue weighted by Gasteiger charge is -2.39. The predicted molar refractivity (Wildman–Crippen MR) is 162 cm³/mol. The van der Waals surface area contributed by atoms with Gasteiger partial charge in [0.15, 0.2) is 0 Å². The molecule has 6 nitrogen and oxygen atoms in total. The Morgan fingerprint density at radius 2 is 1.58 bits per heavy atom. The number of piperazine rings is 1. The number of aryl methyl sites for hydroxylation is 1. The average molecular weight is 589 g/mol. The van der Waals surface area contributed by atoms with Crippen LogP contribution in [0.3, 0.4) is 0 Å². The molecule has 0 radical (unpaired) electrons. The Morgan fingerprint density at radius 3 is 2.26 bits per heavy atom. The van der Waals surface area contributed by atoms with Gasteiger partial charge in [-0.15, -0.1) is 0 Å². The van der Waals surface area contributed by atoms with Crippen molar-refractivity contribution in [3.63, 3.8) is 0 Å². The van der Waals surface area contributed by atoms with E-state index in [0.29, 0.717) is 35.5 Å². The zero-order chi connectivity index (χ0) is 30.0. The number of ether oxygens (including phenoxy) is 1. The fourth-order valence-corrected chi connectivity index (χ4v) is 6.38. The van der Waals surface area contributed by atoms with Crippen molar-refractivity contribution in [3.05, 3.63) is 95.6 Å². The molecule has 2 aliphatic rings. The average Bonchev–Trinajstić information content (AvgIpc) is 3.01. The number of anilines is 1. The van der Waals surface area contributed by atoms with E-state index in [2.05, 4.69) is 52.4 Å². The second-order valence-electron chi connectivity index (χ2n) is 11.4. The number of unbranched alkanes of at least 4 members (excludes halogenated alkanes) is 1. The molecule has 1 aromatic heterocycles. The van der Waals surface area contributed by atoms with Gasteiger partial charge in [-0.1, -0.05) is 54.4 Å². The Labute approximate surface area is 249 Å². The Morgan fingerprint density at radius 1 is 0.907 bits per heavy atom. The number of hydrogen-bond donors (Lipinski definition) is 1. The highest BCUT2D eigenvalue weighted by Gasteiger charge is 2.48. The van der Waals surface area contributed by atoms with Gasteiger partial charge in [0.2, 0.25) is 5.91 Å². The normalized spacial score (nSPS) is 16.3. The molecule has 4 aromatic rings. The fourth-order valence-electron chi connectivity index (χ4n) is 6.38. The summed E-state index contributed by atoms with van der Waals surface area (Å²) in [5.74, 6) is 1.33. The van der Waals surface area contributed by atoms with Gasteiger partial charge >= 0.3 is 6.18 Å². The molecule has 1 amide bonds. The zero-order valence-electron chi connectivity index (χ0n) is 24.2. The van der Waals surface area contributed by atoms with E-state index in [1.807, 2.05) is 0 Å². The Kier molecular flexibility index (Phi) is 8.01. The van der Waals surface area contributed by atoms with E-state index in [1.165, 1.54) is 5.56 Å². The van der Waals surface area contributed by atoms with Crippen LogP contribution in [0.5, 0.6) is 11.5 Å². The summed E-state index contributed by atoms with van der Waals surface area (Å²) in [6.45, 7) is 5.07. The number of rotatable bonds is 8. The van der Waals surface area contributed by atoms with Gasteiger partial charge in [0.25, 0.3) is 0 Å². The summed E-state index contributed by atoms with van der Waals surface area (Å²) in [6.07, 6.45) is -2.67. The molecule has 2 aliphatic heterocycles. The quantitative estimate of drug-likeness (QED) is 0.235. The van der Waals surface area contributed by atoms with E-state index in [0.717, 1.165) is 55.9 Å². The number of halogens is 3. The van der Waals surface area contributed by atoms with E-state index in [4.69, 9.17) is 9.72 Å². The van der Waals surface area contributed by atoms with Crippen LogP contribution in [-0.2, 0) is 10.2 Å². The van der Waals surface area contributed by atoms with Gasteiger partial charge in [0, 0.05) is 42.7 Å². The maximum Gasteiger partial charge on any atom is 0.405 e. The van der Waals surface area contributed by atoms with E-state index < -0.39 is 24.0 Å². The third-order valence-electron chi connectivity index (χ3n) is 8.55. The maximum atomic E-state index is 13.8. The number of carbonyl (C=O) groups is 1. The van der Waals surface area contributed by atoms with Crippen LogP contribution in [-0.4, -0.2) is 61.2 Å². The van der Waals surface area contributed by atoms with Crippen molar-refractivity contribution < 1.29 is 22.7 Å². The van der Waals surface area contributed by atoms with Crippen molar-refractivity contribution in [2.45, 2.75) is 37.8 Å². The van der Waals surface area contributed by atoms with Crippen LogP contribution in [0.15, 0.2) is 78.9 Å². The topological polar surface area (TPSA) is 57.7 Å². The zero-order valence-corrected chi connectivity index (χ0v) is 24.2. The van der Waals surface area contributed by atoms with Crippen molar-refractivity contribution in [1.82, 2.24) is 15.2 Å². The van der Waals surface area contributed by atoms with Gasteiger partial charge in [-0.05, 0) is 62.7 Å². The summed E-state index contributed by atoms with van der Waals surface area (Å²) >= 11 is 0. The van der Waals surface area contributed by atoms with Gasteiger partial charge in [-0.3, -0.25) is 9.69 Å². The number of amides is 1. The highest BCUT2D eigenvalue weighted by Crippen LogP contribution is 2.50. The predicted octanol–water partition coefficient (Wildman–Crippen LogP) is 6.61. The number of carbonyl (C=O) groups excluding carboxylic acids is 1. The molecule has 1 saturated heterocycles. The first-order chi connectivity index (χ1) is 20.7. The van der Waals surface area contributed by atoms with Crippen LogP contribution in [0, 0.1) is 6.92 Å². The molecule has 0 spiro atoms. The highest BCUT2D eigenvalue weighted by atomic mass is 19.4. The number of nitrogens with zero attached hydrogens (tertiary/aromatic N) is 3. The van der Waals surface area contributed by atoms with Crippen molar-refractivity contribution >= 4 is 22.6 Å². The Hall–Kier alpha value is -4.11. The standard InChI is InChI=1S/C34H35F3N4O2/c1-24-12-14-28-25(22-24)13-15-31(39-28)41-20-18-40(19-21-41)17-7-6-16-33(32(42)38-23-34(35,36)37)26-8-2-4-10-29(26)43-30-11-5-3-9-27(30)33/h2-5,8-15,22H,6-7,16-21,23H2,1H3,(H,38,42). The molecule has 6 rings (SSSR count). The SMILES string of the molecule is Cc1ccc2nc(N3CCN(CCCCC4(C(=O)NCC(F)(F)F)c5ccccc5Oc5ccccc54)CC3)ccc2c1. The lowest BCUT2D eigenvalue weighted by atomic mass is 9.68. The van der Waals surface area contributed by atoms with Gasteiger partial charge in [0.1, 0.15) is 29.3 Å². The number of nitrogens with one attached hydrogen (secondary N) is 1. The molecule has 0 atom stereocenters. The first-order valence-corrected chi connectivity index (χ1v) is 14.8. The van der Waals surface area contributed by atoms with Crippen molar-refractivity contribution in [2.75, 3.05) is 44.2 Å². The van der Waals surface area contributed by atoms with Gasteiger partial charge in [0.05, 0.1) is 5.52 Å². The van der Waals surface area contributed by atoms with Crippen LogP contribution in [0.25, 0.3) is 10.9 Å². The van der Waals surface area contributed by atoms with E-state index in [-0.39, 0.29) is 0 Å². The van der Waals surface area contributed by atoms with Crippen molar-refractivity contribution in [3.8, 4) is 11.5 Å². The second kappa shape index (κ2) is 11.9. The Balaban J connectivity index is 1.13. The minimum atomic E-state index is -4.51. The summed E-state index contributed by atoms with van der Waals surface area (Å²) in [4.78, 5) is 23.4. The van der Waals surface area contributed by atoms with Gasteiger partial charge < -0.3 is 15.0 Å². The molecule has 0 bridgehead atoms. The molecule has 0 aliphatic carbocycles. The Bertz CT molecular complexity index is 1570. The summed E-state index contributed by atoms with van der Waals surface area (Å²) in [7, 11) is 0. The number of pyridine rings is 1. The number of para-hydroxylation sites is 2. The molecule has 0 unspecified atom stereocenters. The van der Waals surface area contributed by atoms with Crippen LogP contribution >= 0.6 is 0 Å². The van der Waals surface area contributed by atoms with Crippen LogP contribution in [0.2, 0.25) is 0 Å². The minimum Gasteiger partial charge on any atom is -0.457 e. The number of alkyl halides is 3. The maximum absolute atomic E-state index is 13.8. The van der Waals surface area contributed by atoms with Crippen LogP contribution in [0.4, 0.5) is 19.0 Å². The first kappa shape index (κ1) is 29.0. The molecule has 0 saturated carbocycles. The molecule has 3 aromatic carbocycles. The largest absolute Gasteiger partial charge is 0.457 e. The second-order valence-corrected chi connectivity index (χ2v) is 11.4. The summed E-state index contributed by atoms with van der Waals surface area (Å²) < 4.78 is 45.6. The third-order valence-corrected chi connectivity index (χ3v) is 8.55. The molecule has 43 heavy (non-hydrogen) atoms. The summed E-state index contributed by atoms with van der Waals surface area (Å²) in [5, 5.41) is 3.34. The van der Waals surface area contributed by atoms with E-state index >= 15 is 0 Å². The third kappa shape index (κ3) is 6.04. The summed E-state index contributed by atoms with van der Waals surface area (Å²) in [5.41, 5.74) is 2.12. The fraction of sp³-hybridized carbons (Fsp3) is 0.353. The number of benzene rings is 3. The first-order valence-electron chi connectivity index (χ1n) is 14.8. The molecule has 224 valence electrons. The molecular formula is C34H35F3N4O2. The van der Waals surface area contributed by atoms with Crippen molar-refractivity contribution in [1.29, 1.82) is 0 Å². The smallest absolute Gasteiger partial charge is 0.405 e. The monoisotopic (exact) mass is 588 g/mol. The van der Waals surface area contributed by atoms with Crippen molar-refractivity contribution in [2.24, 2.45) is 0 Å². The summed E-state index contributed by atoms with van der Waals surface area (Å²) in [6, 6.07) is 24.8. The molecule has 1 N–H and O–H groups in total. The van der Waals surface area contributed by atoms with Crippen LogP contribution < -0.4 is 15.0 Å². The highest BCUT2D eigenvalue weighted by molar-refractivity contribution is 5.94. The van der Waals surface area contributed by atoms with E-state index in [1.54, 1.807) is 48.5 Å². The number of fused-ring (bicyclic) bond motifs is 3. The number of hydrogen-bond acceptors (Lipinski definition) is 5. The molecular weight excluding hydrogens is 553 g/mol. The lowest BCUT2D eigenvalue weighted by Crippen LogP contribution is -2.49. The lowest BCUT2D eigenvalue weighted by molar-refractivity contribution is -0.141. The van der Waals surface area contributed by atoms with Crippen LogP contribution in [0.1, 0.15) is 36.0 Å². The molecule has 1 fully saturated rings.